The van der Waals surface area contributed by atoms with Crippen molar-refractivity contribution < 1.29 is 8.78 Å². The molecule has 1 aromatic carbocycles. The predicted molar refractivity (Wildman–Crippen MR) is 81.9 cm³/mol. The molecule has 0 aromatic heterocycles. The molecule has 0 bridgehead atoms. The SMILES string of the molecule is CCC1(CNc2c(F)cc(C(N)=S)cc2F)CCCC1. The Morgan fingerprint density at radius 3 is 2.30 bits per heavy atom. The Bertz CT molecular complexity index is 488. The Labute approximate surface area is 123 Å². The van der Waals surface area contributed by atoms with Crippen LogP contribution < -0.4 is 11.1 Å². The second-order valence-electron chi connectivity index (χ2n) is 5.59. The highest BCUT2D eigenvalue weighted by atomic mass is 32.1. The van der Waals surface area contributed by atoms with Crippen molar-refractivity contribution in [3.05, 3.63) is 29.3 Å². The fraction of sp³-hybridized carbons (Fsp3) is 0.533. The van der Waals surface area contributed by atoms with Crippen molar-refractivity contribution in [3.63, 3.8) is 0 Å². The molecular weight excluding hydrogens is 278 g/mol. The van der Waals surface area contributed by atoms with Gasteiger partial charge in [-0.25, -0.2) is 8.78 Å². The first-order valence-electron chi connectivity index (χ1n) is 7.00. The molecule has 0 unspecified atom stereocenters. The van der Waals surface area contributed by atoms with Crippen LogP contribution in [-0.2, 0) is 0 Å². The number of rotatable bonds is 5. The van der Waals surface area contributed by atoms with Gasteiger partial charge in [-0.1, -0.05) is 32.0 Å². The summed E-state index contributed by atoms with van der Waals surface area (Å²) in [7, 11) is 0. The molecule has 3 N–H and O–H groups in total. The molecule has 1 aliphatic carbocycles. The van der Waals surface area contributed by atoms with Crippen LogP contribution in [0.3, 0.4) is 0 Å². The highest BCUT2D eigenvalue weighted by molar-refractivity contribution is 7.80. The third-order valence-electron chi connectivity index (χ3n) is 4.38. The Kier molecular flexibility index (Phi) is 4.58. The van der Waals surface area contributed by atoms with E-state index in [9.17, 15) is 8.78 Å². The zero-order valence-electron chi connectivity index (χ0n) is 11.6. The second kappa shape index (κ2) is 6.04. The first kappa shape index (κ1) is 15.2. The van der Waals surface area contributed by atoms with Gasteiger partial charge in [0.15, 0.2) is 0 Å². The molecule has 0 spiro atoms. The molecule has 1 aromatic rings. The number of benzene rings is 1. The molecule has 0 amide bonds. The molecule has 110 valence electrons. The Morgan fingerprint density at radius 2 is 1.85 bits per heavy atom. The van der Waals surface area contributed by atoms with Gasteiger partial charge in [-0.05, 0) is 36.8 Å². The van der Waals surface area contributed by atoms with Gasteiger partial charge in [0.05, 0.1) is 0 Å². The first-order chi connectivity index (χ1) is 9.47. The Balaban J connectivity index is 2.15. The summed E-state index contributed by atoms with van der Waals surface area (Å²) in [6, 6.07) is 2.36. The van der Waals surface area contributed by atoms with Crippen LogP contribution in [0.1, 0.15) is 44.6 Å². The van der Waals surface area contributed by atoms with Crippen LogP contribution in [0.5, 0.6) is 0 Å². The zero-order valence-corrected chi connectivity index (χ0v) is 12.5. The van der Waals surface area contributed by atoms with Crippen molar-refractivity contribution in [1.29, 1.82) is 0 Å². The largest absolute Gasteiger partial charge is 0.389 e. The summed E-state index contributed by atoms with van der Waals surface area (Å²) in [6.45, 7) is 2.74. The fourth-order valence-corrected chi connectivity index (χ4v) is 3.06. The minimum Gasteiger partial charge on any atom is -0.389 e. The molecule has 0 heterocycles. The van der Waals surface area contributed by atoms with Crippen LogP contribution in [0.2, 0.25) is 0 Å². The molecule has 0 aliphatic heterocycles. The lowest BCUT2D eigenvalue weighted by atomic mass is 9.83. The van der Waals surface area contributed by atoms with Crippen molar-refractivity contribution in [2.45, 2.75) is 39.0 Å². The summed E-state index contributed by atoms with van der Waals surface area (Å²) in [5.41, 5.74) is 5.70. The van der Waals surface area contributed by atoms with Crippen LogP contribution in [0, 0.1) is 17.0 Å². The minimum absolute atomic E-state index is 0.00447. The summed E-state index contributed by atoms with van der Waals surface area (Å²) in [6.07, 6.45) is 5.64. The van der Waals surface area contributed by atoms with Gasteiger partial charge in [0.2, 0.25) is 0 Å². The highest BCUT2D eigenvalue weighted by Gasteiger charge is 2.32. The number of anilines is 1. The van der Waals surface area contributed by atoms with Crippen LogP contribution in [0.4, 0.5) is 14.5 Å². The smallest absolute Gasteiger partial charge is 0.150 e. The van der Waals surface area contributed by atoms with Gasteiger partial charge in [-0.15, -0.1) is 0 Å². The van der Waals surface area contributed by atoms with Gasteiger partial charge in [-0.2, -0.15) is 0 Å². The lowest BCUT2D eigenvalue weighted by molar-refractivity contribution is 0.306. The molecule has 1 saturated carbocycles. The van der Waals surface area contributed by atoms with Gasteiger partial charge in [0.25, 0.3) is 0 Å². The minimum atomic E-state index is -0.642. The maximum Gasteiger partial charge on any atom is 0.150 e. The molecule has 0 atom stereocenters. The van der Waals surface area contributed by atoms with E-state index in [0.29, 0.717) is 6.54 Å². The maximum atomic E-state index is 14.0. The van der Waals surface area contributed by atoms with E-state index in [0.717, 1.165) is 19.3 Å². The van der Waals surface area contributed by atoms with Gasteiger partial charge < -0.3 is 11.1 Å². The quantitative estimate of drug-likeness (QED) is 0.807. The van der Waals surface area contributed by atoms with E-state index in [1.165, 1.54) is 25.0 Å². The van der Waals surface area contributed by atoms with Crippen molar-refractivity contribution in [3.8, 4) is 0 Å². The van der Waals surface area contributed by atoms with Crippen LogP contribution in [0.25, 0.3) is 0 Å². The van der Waals surface area contributed by atoms with Crippen molar-refractivity contribution in [2.24, 2.45) is 11.1 Å². The summed E-state index contributed by atoms with van der Waals surface area (Å²) < 4.78 is 27.9. The molecule has 0 radical (unpaired) electrons. The number of thiocarbonyl (C=S) groups is 1. The Hall–Kier alpha value is -1.23. The van der Waals surface area contributed by atoms with Crippen molar-refractivity contribution in [1.82, 2.24) is 0 Å². The molecule has 2 nitrogen and oxygen atoms in total. The molecule has 5 heteroatoms. The number of hydrogen-bond acceptors (Lipinski definition) is 2. The summed E-state index contributed by atoms with van der Waals surface area (Å²) in [5, 5.41) is 2.95. The van der Waals surface area contributed by atoms with Gasteiger partial charge in [0, 0.05) is 12.1 Å². The summed E-state index contributed by atoms with van der Waals surface area (Å²) in [4.78, 5) is -0.00447. The lowest BCUT2D eigenvalue weighted by Crippen LogP contribution is -2.26. The number of hydrogen-bond donors (Lipinski definition) is 2. The summed E-state index contributed by atoms with van der Waals surface area (Å²) >= 11 is 4.74. The Morgan fingerprint density at radius 1 is 1.30 bits per heavy atom. The van der Waals surface area contributed by atoms with Crippen molar-refractivity contribution >= 4 is 22.9 Å². The van der Waals surface area contributed by atoms with Crippen LogP contribution in [0.15, 0.2) is 12.1 Å². The third-order valence-corrected chi connectivity index (χ3v) is 4.62. The van der Waals surface area contributed by atoms with E-state index in [1.54, 1.807) is 0 Å². The van der Waals surface area contributed by atoms with Crippen LogP contribution >= 0.6 is 12.2 Å². The lowest BCUT2D eigenvalue weighted by Gasteiger charge is -2.28. The van der Waals surface area contributed by atoms with E-state index >= 15 is 0 Å². The predicted octanol–water partition coefficient (Wildman–Crippen LogP) is 3.98. The molecule has 1 fully saturated rings. The number of halogens is 2. The molecule has 0 saturated heterocycles. The van der Waals surface area contributed by atoms with E-state index in [4.69, 9.17) is 18.0 Å². The molecule has 2 rings (SSSR count). The fourth-order valence-electron chi connectivity index (χ4n) is 2.94. The van der Waals surface area contributed by atoms with Crippen LogP contribution in [-0.4, -0.2) is 11.5 Å². The van der Waals surface area contributed by atoms with E-state index in [-0.39, 0.29) is 21.7 Å². The third kappa shape index (κ3) is 3.08. The standard InChI is InChI=1S/C15H20F2N2S/c1-2-15(5-3-4-6-15)9-19-13-11(16)7-10(14(18)20)8-12(13)17/h7-8,19H,2-6,9H2,1H3,(H2,18,20). The average Bonchev–Trinajstić information content (AvgIpc) is 2.87. The normalized spacial score (nSPS) is 17.1. The second-order valence-corrected chi connectivity index (χ2v) is 6.03. The van der Waals surface area contributed by atoms with E-state index in [2.05, 4.69) is 12.2 Å². The van der Waals surface area contributed by atoms with E-state index < -0.39 is 11.6 Å². The van der Waals surface area contributed by atoms with Crippen molar-refractivity contribution in [2.75, 3.05) is 11.9 Å². The molecular formula is C15H20F2N2S. The van der Waals surface area contributed by atoms with Gasteiger partial charge >= 0.3 is 0 Å². The van der Waals surface area contributed by atoms with Gasteiger partial charge in [0.1, 0.15) is 22.3 Å². The maximum absolute atomic E-state index is 14.0. The molecule has 1 aliphatic rings. The van der Waals surface area contributed by atoms with E-state index in [1.807, 2.05) is 0 Å². The number of nitrogens with two attached hydrogens (primary N) is 1. The highest BCUT2D eigenvalue weighted by Crippen LogP contribution is 2.41. The average molecular weight is 298 g/mol. The topological polar surface area (TPSA) is 38.0 Å². The first-order valence-corrected chi connectivity index (χ1v) is 7.41. The molecule has 20 heavy (non-hydrogen) atoms. The number of nitrogens with one attached hydrogen (secondary N) is 1. The summed E-state index contributed by atoms with van der Waals surface area (Å²) in [5.74, 6) is -1.28. The van der Waals surface area contributed by atoms with Gasteiger partial charge in [-0.3, -0.25) is 0 Å². The monoisotopic (exact) mass is 298 g/mol. The zero-order chi connectivity index (χ0) is 14.8.